The Kier molecular flexibility index (Phi) is 8.06. The number of rotatable bonds is 2. The SMILES string of the molecule is COC(=O)C1CC2CN1C(=O)[C@H](C(C)(C)C)NC(=O)OC1C[C@H]1CCC/C=C/c1nc3ccc(OC)cc3nc1O2. The highest BCUT2D eigenvalue weighted by Crippen LogP contribution is 2.38. The summed E-state index contributed by atoms with van der Waals surface area (Å²) < 4.78 is 22.4. The normalized spacial score (nSPS) is 27.7. The molecule has 3 unspecified atom stereocenters. The van der Waals surface area contributed by atoms with Crippen LogP contribution < -0.4 is 14.8 Å². The van der Waals surface area contributed by atoms with Crippen LogP contribution in [0.1, 0.15) is 58.6 Å². The number of hydrogen-bond donors (Lipinski definition) is 1. The number of aromatic nitrogens is 2. The summed E-state index contributed by atoms with van der Waals surface area (Å²) in [5.74, 6) is 0.291. The molecule has 1 saturated heterocycles. The van der Waals surface area contributed by atoms with Gasteiger partial charge in [0.25, 0.3) is 0 Å². The van der Waals surface area contributed by atoms with Crippen LogP contribution >= 0.6 is 0 Å². The van der Waals surface area contributed by atoms with Crippen LogP contribution in [-0.4, -0.2) is 77.9 Å². The van der Waals surface area contributed by atoms with E-state index in [0.717, 1.165) is 25.7 Å². The number of methoxy groups -OCH3 is 2. The first-order chi connectivity index (χ1) is 19.6. The second-order valence-corrected chi connectivity index (χ2v) is 12.0. The zero-order valence-corrected chi connectivity index (χ0v) is 24.2. The van der Waals surface area contributed by atoms with E-state index < -0.39 is 41.6 Å². The van der Waals surface area contributed by atoms with Crippen molar-refractivity contribution in [2.24, 2.45) is 11.3 Å². The van der Waals surface area contributed by atoms with Crippen LogP contribution in [0.3, 0.4) is 0 Å². The molecule has 1 N–H and O–H groups in total. The van der Waals surface area contributed by atoms with Gasteiger partial charge in [-0.25, -0.2) is 19.6 Å². The smallest absolute Gasteiger partial charge is 0.408 e. The van der Waals surface area contributed by atoms with E-state index in [9.17, 15) is 14.4 Å². The van der Waals surface area contributed by atoms with Crippen molar-refractivity contribution in [2.75, 3.05) is 20.8 Å². The van der Waals surface area contributed by atoms with Crippen molar-refractivity contribution in [3.05, 3.63) is 30.0 Å². The number of amides is 2. The molecule has 2 amide bonds. The summed E-state index contributed by atoms with van der Waals surface area (Å²) in [7, 11) is 2.87. The lowest BCUT2D eigenvalue weighted by Gasteiger charge is -2.34. The lowest BCUT2D eigenvalue weighted by atomic mass is 9.85. The predicted molar refractivity (Wildman–Crippen MR) is 150 cm³/mol. The number of benzene rings is 1. The molecule has 220 valence electrons. The summed E-state index contributed by atoms with van der Waals surface area (Å²) >= 11 is 0. The number of allylic oxidation sites excluding steroid dienone is 1. The Hall–Kier alpha value is -3.89. The lowest BCUT2D eigenvalue weighted by molar-refractivity contribution is -0.152. The maximum Gasteiger partial charge on any atom is 0.408 e. The average Bonchev–Trinajstić information content (AvgIpc) is 3.53. The number of ether oxygens (including phenoxy) is 4. The summed E-state index contributed by atoms with van der Waals surface area (Å²) in [5.41, 5.74) is 1.21. The summed E-state index contributed by atoms with van der Waals surface area (Å²) in [5, 5.41) is 2.78. The highest BCUT2D eigenvalue weighted by molar-refractivity contribution is 5.91. The summed E-state index contributed by atoms with van der Waals surface area (Å²) in [6.07, 6.45) is 6.27. The van der Waals surface area contributed by atoms with Crippen molar-refractivity contribution in [1.82, 2.24) is 20.2 Å². The fourth-order valence-electron chi connectivity index (χ4n) is 5.46. The van der Waals surface area contributed by atoms with Crippen molar-refractivity contribution in [2.45, 2.75) is 77.2 Å². The van der Waals surface area contributed by atoms with E-state index in [1.807, 2.05) is 45.1 Å². The second kappa shape index (κ2) is 11.5. The van der Waals surface area contributed by atoms with Gasteiger partial charge in [0, 0.05) is 12.5 Å². The van der Waals surface area contributed by atoms with E-state index >= 15 is 0 Å². The fraction of sp³-hybridized carbons (Fsp3) is 0.567. The Labute approximate surface area is 239 Å². The number of nitrogens with zero attached hydrogens (tertiary/aromatic N) is 3. The Morgan fingerprint density at radius 2 is 1.90 bits per heavy atom. The Morgan fingerprint density at radius 3 is 2.63 bits per heavy atom. The maximum atomic E-state index is 13.9. The van der Waals surface area contributed by atoms with Gasteiger partial charge in [-0.05, 0) is 55.2 Å². The molecule has 5 rings (SSSR count). The van der Waals surface area contributed by atoms with E-state index in [2.05, 4.69) is 5.32 Å². The summed E-state index contributed by atoms with van der Waals surface area (Å²) in [6, 6.07) is 3.65. The maximum absolute atomic E-state index is 13.9. The molecule has 2 bridgehead atoms. The van der Waals surface area contributed by atoms with Crippen molar-refractivity contribution in [3.8, 4) is 11.6 Å². The van der Waals surface area contributed by atoms with E-state index in [1.165, 1.54) is 12.0 Å². The second-order valence-electron chi connectivity index (χ2n) is 12.0. The van der Waals surface area contributed by atoms with Crippen LogP contribution in [0.5, 0.6) is 11.6 Å². The molecule has 0 spiro atoms. The van der Waals surface area contributed by atoms with Crippen LogP contribution in [-0.2, 0) is 19.1 Å². The van der Waals surface area contributed by atoms with Gasteiger partial charge < -0.3 is 29.2 Å². The minimum Gasteiger partial charge on any atom is -0.497 e. The Balaban J connectivity index is 1.51. The quantitative estimate of drug-likeness (QED) is 0.538. The highest BCUT2D eigenvalue weighted by atomic mass is 16.6. The van der Waals surface area contributed by atoms with E-state index in [0.29, 0.717) is 34.3 Å². The minimum atomic E-state index is -0.927. The first kappa shape index (κ1) is 28.6. The molecule has 1 aliphatic carbocycles. The molecular weight excluding hydrogens is 528 g/mol. The van der Waals surface area contributed by atoms with Crippen LogP contribution in [0.4, 0.5) is 4.79 Å². The number of nitrogens with one attached hydrogen (secondary N) is 1. The van der Waals surface area contributed by atoms with Crippen LogP contribution in [0.15, 0.2) is 24.3 Å². The molecular formula is C30H38N4O7. The Bertz CT molecular complexity index is 1350. The average molecular weight is 567 g/mol. The number of carbonyl (C=O) groups is 3. The molecule has 11 nitrogen and oxygen atoms in total. The third-order valence-electron chi connectivity index (χ3n) is 7.87. The van der Waals surface area contributed by atoms with Gasteiger partial charge in [-0.1, -0.05) is 26.8 Å². The monoisotopic (exact) mass is 566 g/mol. The standard InChI is InChI=1S/C30H38N4O7/c1-30(2,3)25-27(35)34-16-19(15-23(34)28(36)39-5)40-26-21(31-20-12-11-18(38-4)14-22(20)32-26)10-8-6-7-9-17-13-24(17)41-29(37)33-25/h8,10-12,14,17,19,23-25H,6-7,9,13,15-16H2,1-5H3,(H,33,37)/b10-8+/t17-,19?,23?,24?,25-/m1/s1. The van der Waals surface area contributed by atoms with Crippen LogP contribution in [0.2, 0.25) is 0 Å². The molecule has 1 saturated carbocycles. The van der Waals surface area contributed by atoms with Crippen LogP contribution in [0.25, 0.3) is 17.1 Å². The zero-order chi connectivity index (χ0) is 29.3. The molecule has 1 aromatic heterocycles. The van der Waals surface area contributed by atoms with Crippen molar-refractivity contribution in [1.29, 1.82) is 0 Å². The van der Waals surface area contributed by atoms with Crippen molar-refractivity contribution < 1.29 is 33.3 Å². The van der Waals surface area contributed by atoms with Gasteiger partial charge in [-0.15, -0.1) is 0 Å². The first-order valence-electron chi connectivity index (χ1n) is 14.1. The van der Waals surface area contributed by atoms with E-state index in [1.54, 1.807) is 13.2 Å². The lowest BCUT2D eigenvalue weighted by Crippen LogP contribution is -2.57. The molecule has 3 aliphatic rings. The topological polar surface area (TPSA) is 129 Å². The van der Waals surface area contributed by atoms with Gasteiger partial charge in [0.1, 0.15) is 35.7 Å². The van der Waals surface area contributed by atoms with E-state index in [-0.39, 0.29) is 19.1 Å². The number of carbonyl (C=O) groups excluding carboxylic acids is 3. The van der Waals surface area contributed by atoms with Gasteiger partial charge in [0.2, 0.25) is 11.8 Å². The molecule has 11 heteroatoms. The highest BCUT2D eigenvalue weighted by Gasteiger charge is 2.47. The number of alkyl carbamates (subject to hydrolysis) is 1. The summed E-state index contributed by atoms with van der Waals surface area (Å²) in [4.78, 5) is 50.6. The van der Waals surface area contributed by atoms with Gasteiger partial charge >= 0.3 is 12.1 Å². The largest absolute Gasteiger partial charge is 0.497 e. The van der Waals surface area contributed by atoms with Crippen molar-refractivity contribution in [3.63, 3.8) is 0 Å². The van der Waals surface area contributed by atoms with Gasteiger partial charge in [-0.2, -0.15) is 0 Å². The molecule has 1 aromatic carbocycles. The molecule has 2 aromatic rings. The number of hydrogen-bond acceptors (Lipinski definition) is 9. The van der Waals surface area contributed by atoms with Crippen molar-refractivity contribution >= 4 is 35.1 Å². The van der Waals surface area contributed by atoms with Gasteiger partial charge in [0.15, 0.2) is 0 Å². The predicted octanol–water partition coefficient (Wildman–Crippen LogP) is 3.89. The number of esters is 1. The first-order valence-corrected chi connectivity index (χ1v) is 14.1. The molecule has 2 aliphatic heterocycles. The van der Waals surface area contributed by atoms with Crippen LogP contribution in [0, 0.1) is 11.3 Å². The number of fused-ring (bicyclic) bond motifs is 5. The molecule has 0 radical (unpaired) electrons. The van der Waals surface area contributed by atoms with Gasteiger partial charge in [-0.3, -0.25) is 4.79 Å². The third kappa shape index (κ3) is 6.39. The fourth-order valence-corrected chi connectivity index (χ4v) is 5.46. The molecule has 2 fully saturated rings. The van der Waals surface area contributed by atoms with E-state index in [4.69, 9.17) is 28.9 Å². The molecule has 3 heterocycles. The Morgan fingerprint density at radius 1 is 1.10 bits per heavy atom. The third-order valence-corrected chi connectivity index (χ3v) is 7.87. The molecule has 5 atom stereocenters. The minimum absolute atomic E-state index is 0.105. The molecule has 41 heavy (non-hydrogen) atoms. The summed E-state index contributed by atoms with van der Waals surface area (Å²) in [6.45, 7) is 5.68. The zero-order valence-electron chi connectivity index (χ0n) is 24.2. The van der Waals surface area contributed by atoms with Gasteiger partial charge in [0.05, 0.1) is 31.8 Å².